The molecule has 26 heavy (non-hydrogen) atoms. The van der Waals surface area contributed by atoms with E-state index in [1.165, 1.54) is 11.3 Å². The smallest absolute Gasteiger partial charge is 0.226 e. The lowest BCUT2D eigenvalue weighted by Gasteiger charge is -2.23. The summed E-state index contributed by atoms with van der Waals surface area (Å²) in [4.78, 5) is 16.6. The predicted molar refractivity (Wildman–Crippen MR) is 101 cm³/mol. The molecular weight excluding hydrogens is 396 g/mol. The number of aromatic nitrogens is 1. The number of ether oxygens (including phenoxy) is 1. The summed E-state index contributed by atoms with van der Waals surface area (Å²) in [6.45, 7) is 2.08. The van der Waals surface area contributed by atoms with Gasteiger partial charge in [0.15, 0.2) is 9.84 Å². The maximum absolute atomic E-state index is 12.2. The zero-order valence-electron chi connectivity index (χ0n) is 14.2. The molecule has 1 fully saturated rings. The lowest BCUT2D eigenvalue weighted by atomic mass is 10.0. The summed E-state index contributed by atoms with van der Waals surface area (Å²) in [5.74, 6) is 0.578. The molecule has 6 nitrogen and oxygen atoms in total. The van der Waals surface area contributed by atoms with E-state index < -0.39 is 15.4 Å². The van der Waals surface area contributed by atoms with Gasteiger partial charge in [0.05, 0.1) is 29.2 Å². The van der Waals surface area contributed by atoms with E-state index in [1.807, 2.05) is 5.38 Å². The van der Waals surface area contributed by atoms with E-state index in [1.54, 1.807) is 31.2 Å². The van der Waals surface area contributed by atoms with Crippen molar-refractivity contribution < 1.29 is 17.9 Å². The molecule has 1 saturated heterocycles. The summed E-state index contributed by atoms with van der Waals surface area (Å²) in [5.41, 5.74) is -0.0430. The molecule has 1 amide bonds. The minimum absolute atomic E-state index is 0.0109. The summed E-state index contributed by atoms with van der Waals surface area (Å²) in [6.07, 6.45) is 0.561. The molecule has 1 aromatic heterocycles. The van der Waals surface area contributed by atoms with Gasteiger partial charge in [-0.1, -0.05) is 11.6 Å². The van der Waals surface area contributed by atoms with Gasteiger partial charge >= 0.3 is 0 Å². The van der Waals surface area contributed by atoms with Gasteiger partial charge < -0.3 is 10.1 Å². The van der Waals surface area contributed by atoms with E-state index in [-0.39, 0.29) is 23.8 Å². The van der Waals surface area contributed by atoms with Crippen LogP contribution in [-0.4, -0.2) is 36.4 Å². The Morgan fingerprint density at radius 2 is 2.12 bits per heavy atom. The van der Waals surface area contributed by atoms with Crippen molar-refractivity contribution in [1.82, 2.24) is 10.3 Å². The van der Waals surface area contributed by atoms with E-state index in [0.29, 0.717) is 29.5 Å². The molecule has 0 bridgehead atoms. The number of nitrogens with zero attached hydrogens (tertiary/aromatic N) is 1. The van der Waals surface area contributed by atoms with E-state index in [2.05, 4.69) is 10.3 Å². The van der Waals surface area contributed by atoms with Crippen molar-refractivity contribution in [3.05, 3.63) is 45.4 Å². The Bertz CT molecular complexity index is 896. The molecule has 1 N–H and O–H groups in total. The number of rotatable bonds is 6. The molecule has 2 heterocycles. The Balaban J connectivity index is 1.51. The minimum atomic E-state index is -3.06. The highest BCUT2D eigenvalue weighted by molar-refractivity contribution is 7.91. The fourth-order valence-corrected chi connectivity index (χ4v) is 5.75. The first kappa shape index (κ1) is 19.1. The van der Waals surface area contributed by atoms with Crippen LogP contribution in [0.4, 0.5) is 0 Å². The first-order valence-corrected chi connectivity index (χ1v) is 11.1. The third-order valence-electron chi connectivity index (χ3n) is 4.06. The van der Waals surface area contributed by atoms with Gasteiger partial charge in [0.1, 0.15) is 17.4 Å². The number of hydrogen-bond acceptors (Lipinski definition) is 6. The average Bonchev–Trinajstić information content (AvgIpc) is 3.10. The highest BCUT2D eigenvalue weighted by Gasteiger charge is 2.39. The topological polar surface area (TPSA) is 85.4 Å². The number of sulfone groups is 1. The standard InChI is InChI=1S/C17H19ClN2O4S2/c1-17(6-7-26(22,23)11-17)20-15(21)8-13-10-25-16(19-13)9-24-14-4-2-12(18)3-5-14/h2-5,10H,6-9,11H2,1H3,(H,20,21). The number of carbonyl (C=O) groups is 1. The fourth-order valence-electron chi connectivity index (χ4n) is 2.83. The molecule has 1 aliphatic rings. The van der Waals surface area contributed by atoms with Crippen LogP contribution in [0.1, 0.15) is 24.0 Å². The number of thiazole rings is 1. The van der Waals surface area contributed by atoms with Crippen LogP contribution in [0.15, 0.2) is 29.6 Å². The van der Waals surface area contributed by atoms with Crippen molar-refractivity contribution in [1.29, 1.82) is 0 Å². The van der Waals surface area contributed by atoms with Crippen LogP contribution in [0.2, 0.25) is 5.02 Å². The second kappa shape index (κ2) is 7.54. The highest BCUT2D eigenvalue weighted by Crippen LogP contribution is 2.23. The molecule has 0 radical (unpaired) electrons. The zero-order chi connectivity index (χ0) is 18.8. The van der Waals surface area contributed by atoms with E-state index in [9.17, 15) is 13.2 Å². The highest BCUT2D eigenvalue weighted by atomic mass is 35.5. The minimum Gasteiger partial charge on any atom is -0.486 e. The van der Waals surface area contributed by atoms with Gasteiger partial charge in [-0.2, -0.15) is 0 Å². The summed E-state index contributed by atoms with van der Waals surface area (Å²) >= 11 is 7.25. The van der Waals surface area contributed by atoms with Crippen LogP contribution < -0.4 is 10.1 Å². The normalized spacial score (nSPS) is 21.5. The number of benzene rings is 1. The second-order valence-corrected chi connectivity index (χ2v) is 10.2. The zero-order valence-corrected chi connectivity index (χ0v) is 16.6. The quantitative estimate of drug-likeness (QED) is 0.785. The number of hydrogen-bond donors (Lipinski definition) is 1. The Labute approximate surface area is 161 Å². The third kappa shape index (κ3) is 5.18. The molecule has 2 aromatic rings. The summed E-state index contributed by atoms with van der Waals surface area (Å²) in [5, 5.41) is 6.05. The Hall–Kier alpha value is -1.64. The molecular formula is C17H19ClN2O4S2. The first-order valence-electron chi connectivity index (χ1n) is 8.06. The van der Waals surface area contributed by atoms with Gasteiger partial charge in [-0.15, -0.1) is 11.3 Å². The van der Waals surface area contributed by atoms with Gasteiger partial charge in [0.25, 0.3) is 0 Å². The number of amides is 1. The van der Waals surface area contributed by atoms with Gasteiger partial charge in [0, 0.05) is 10.4 Å². The van der Waals surface area contributed by atoms with Crippen molar-refractivity contribution in [2.45, 2.75) is 31.9 Å². The van der Waals surface area contributed by atoms with Gasteiger partial charge in [-0.25, -0.2) is 13.4 Å². The number of halogens is 1. The molecule has 0 saturated carbocycles. The second-order valence-electron chi connectivity index (χ2n) is 6.60. The molecule has 1 aliphatic heterocycles. The van der Waals surface area contributed by atoms with E-state index in [0.717, 1.165) is 5.01 Å². The van der Waals surface area contributed by atoms with Crippen LogP contribution in [0.25, 0.3) is 0 Å². The summed E-state index contributed by atoms with van der Waals surface area (Å²) < 4.78 is 28.9. The summed E-state index contributed by atoms with van der Waals surface area (Å²) in [7, 11) is -3.06. The van der Waals surface area contributed by atoms with Crippen LogP contribution >= 0.6 is 22.9 Å². The van der Waals surface area contributed by atoms with Crippen molar-refractivity contribution in [3.63, 3.8) is 0 Å². The van der Waals surface area contributed by atoms with Crippen LogP contribution in [0.3, 0.4) is 0 Å². The molecule has 0 spiro atoms. The van der Waals surface area contributed by atoms with E-state index >= 15 is 0 Å². The predicted octanol–water partition coefficient (Wildman–Crippen LogP) is 2.61. The molecule has 9 heteroatoms. The van der Waals surface area contributed by atoms with Crippen LogP contribution in [0, 0.1) is 0 Å². The molecule has 1 aromatic carbocycles. The Morgan fingerprint density at radius 1 is 1.38 bits per heavy atom. The Kier molecular flexibility index (Phi) is 5.55. The van der Waals surface area contributed by atoms with E-state index in [4.69, 9.17) is 16.3 Å². The van der Waals surface area contributed by atoms with Crippen molar-refractivity contribution in [3.8, 4) is 5.75 Å². The lowest BCUT2D eigenvalue weighted by Crippen LogP contribution is -2.47. The number of carbonyl (C=O) groups excluding carboxylic acids is 1. The molecule has 1 unspecified atom stereocenters. The maximum Gasteiger partial charge on any atom is 0.226 e. The fraction of sp³-hybridized carbons (Fsp3) is 0.412. The van der Waals surface area contributed by atoms with Gasteiger partial charge in [-0.05, 0) is 37.6 Å². The third-order valence-corrected chi connectivity index (χ3v) is 7.09. The lowest BCUT2D eigenvalue weighted by molar-refractivity contribution is -0.122. The Morgan fingerprint density at radius 3 is 2.77 bits per heavy atom. The first-order chi connectivity index (χ1) is 12.2. The molecule has 3 rings (SSSR count). The van der Waals surface area contributed by atoms with Crippen molar-refractivity contribution in [2.24, 2.45) is 0 Å². The average molecular weight is 415 g/mol. The van der Waals surface area contributed by atoms with Gasteiger partial charge in [-0.3, -0.25) is 4.79 Å². The maximum atomic E-state index is 12.2. The SMILES string of the molecule is CC1(NC(=O)Cc2csc(COc3ccc(Cl)cc3)n2)CCS(=O)(=O)C1. The molecule has 1 atom stereocenters. The van der Waals surface area contributed by atoms with Crippen molar-refractivity contribution >= 4 is 38.7 Å². The largest absolute Gasteiger partial charge is 0.486 e. The molecule has 140 valence electrons. The molecule has 0 aliphatic carbocycles. The number of nitrogens with one attached hydrogen (secondary N) is 1. The van der Waals surface area contributed by atoms with Crippen LogP contribution in [-0.2, 0) is 27.7 Å². The summed E-state index contributed by atoms with van der Waals surface area (Å²) in [6, 6.07) is 7.05. The van der Waals surface area contributed by atoms with Crippen LogP contribution in [0.5, 0.6) is 5.75 Å². The van der Waals surface area contributed by atoms with Crippen molar-refractivity contribution in [2.75, 3.05) is 11.5 Å². The van der Waals surface area contributed by atoms with Gasteiger partial charge in [0.2, 0.25) is 5.91 Å². The monoisotopic (exact) mass is 414 g/mol.